The van der Waals surface area contributed by atoms with Crippen molar-refractivity contribution in [2.24, 2.45) is 11.7 Å². The van der Waals surface area contributed by atoms with Gasteiger partial charge in [0.25, 0.3) is 10.2 Å². The number of unbranched alkanes of at least 4 members (excludes halogenated alkanes) is 1. The van der Waals surface area contributed by atoms with Crippen LogP contribution in [0.15, 0.2) is 0 Å². The zero-order valence-corrected chi connectivity index (χ0v) is 12.1. The SMILES string of the molecule is CC(C)CCCCNS(=O)(=O)N(C)CCCN. The van der Waals surface area contributed by atoms with Crippen LogP contribution >= 0.6 is 0 Å². The molecule has 0 aliphatic carbocycles. The van der Waals surface area contributed by atoms with Gasteiger partial charge in [0, 0.05) is 20.1 Å². The van der Waals surface area contributed by atoms with Gasteiger partial charge in [-0.25, -0.2) is 4.72 Å². The van der Waals surface area contributed by atoms with Gasteiger partial charge in [-0.1, -0.05) is 26.7 Å². The highest BCUT2D eigenvalue weighted by molar-refractivity contribution is 7.87. The van der Waals surface area contributed by atoms with Crippen LogP contribution in [-0.4, -0.2) is 39.4 Å². The number of hydrogen-bond acceptors (Lipinski definition) is 3. The van der Waals surface area contributed by atoms with Crippen molar-refractivity contribution in [3.8, 4) is 0 Å². The highest BCUT2D eigenvalue weighted by Gasteiger charge is 2.15. The summed E-state index contributed by atoms with van der Waals surface area (Å²) in [4.78, 5) is 0. The van der Waals surface area contributed by atoms with Crippen molar-refractivity contribution >= 4 is 10.2 Å². The van der Waals surface area contributed by atoms with Crippen molar-refractivity contribution < 1.29 is 8.42 Å². The van der Waals surface area contributed by atoms with Crippen molar-refractivity contribution in [1.82, 2.24) is 9.03 Å². The van der Waals surface area contributed by atoms with Crippen LogP contribution in [0.5, 0.6) is 0 Å². The van der Waals surface area contributed by atoms with E-state index in [0.717, 1.165) is 19.3 Å². The van der Waals surface area contributed by atoms with Gasteiger partial charge in [-0.05, 0) is 25.3 Å². The molecule has 0 heterocycles. The summed E-state index contributed by atoms with van der Waals surface area (Å²) in [6.45, 7) is 5.84. The number of nitrogens with two attached hydrogens (primary N) is 1. The predicted octanol–water partition coefficient (Wildman–Crippen LogP) is 0.928. The highest BCUT2D eigenvalue weighted by atomic mass is 32.2. The minimum Gasteiger partial charge on any atom is -0.330 e. The summed E-state index contributed by atoms with van der Waals surface area (Å²) < 4.78 is 27.3. The van der Waals surface area contributed by atoms with Gasteiger partial charge in [0.05, 0.1) is 0 Å². The third kappa shape index (κ3) is 8.54. The van der Waals surface area contributed by atoms with Crippen LogP contribution in [0.2, 0.25) is 0 Å². The Morgan fingerprint density at radius 2 is 1.88 bits per heavy atom. The first-order valence-corrected chi connectivity index (χ1v) is 7.75. The molecular weight excluding hydrogens is 238 g/mol. The van der Waals surface area contributed by atoms with E-state index in [2.05, 4.69) is 18.6 Å². The Hall–Kier alpha value is -0.170. The zero-order chi connectivity index (χ0) is 13.3. The molecule has 0 amide bonds. The summed E-state index contributed by atoms with van der Waals surface area (Å²) >= 11 is 0. The molecule has 0 rings (SSSR count). The molecule has 0 spiro atoms. The third-order valence-corrected chi connectivity index (χ3v) is 4.15. The minimum absolute atomic E-state index is 0.470. The first-order valence-electron chi connectivity index (χ1n) is 6.31. The lowest BCUT2D eigenvalue weighted by atomic mass is 10.1. The molecule has 0 aromatic rings. The maximum atomic E-state index is 11.7. The van der Waals surface area contributed by atoms with Crippen LogP contribution in [0.4, 0.5) is 0 Å². The molecule has 104 valence electrons. The molecule has 0 saturated heterocycles. The first-order chi connectivity index (χ1) is 7.90. The van der Waals surface area contributed by atoms with Crippen LogP contribution in [0.3, 0.4) is 0 Å². The monoisotopic (exact) mass is 265 g/mol. The van der Waals surface area contributed by atoms with E-state index >= 15 is 0 Å². The normalized spacial score (nSPS) is 12.6. The summed E-state index contributed by atoms with van der Waals surface area (Å²) in [5, 5.41) is 0. The molecule has 0 aromatic carbocycles. The Labute approximate surface area is 106 Å². The Morgan fingerprint density at radius 1 is 1.24 bits per heavy atom. The average Bonchev–Trinajstić information content (AvgIpc) is 2.24. The van der Waals surface area contributed by atoms with Crippen LogP contribution < -0.4 is 10.5 Å². The average molecular weight is 265 g/mol. The number of nitrogens with one attached hydrogen (secondary N) is 1. The predicted molar refractivity (Wildman–Crippen MR) is 71.9 cm³/mol. The number of nitrogens with zero attached hydrogens (tertiary/aromatic N) is 1. The fourth-order valence-corrected chi connectivity index (χ4v) is 2.42. The Morgan fingerprint density at radius 3 is 2.41 bits per heavy atom. The van der Waals surface area contributed by atoms with Gasteiger partial charge in [0.15, 0.2) is 0 Å². The molecule has 0 unspecified atom stereocenters. The molecule has 6 heteroatoms. The first kappa shape index (κ1) is 16.8. The maximum absolute atomic E-state index is 11.7. The van der Waals surface area contributed by atoms with E-state index in [1.54, 1.807) is 7.05 Å². The Kier molecular flexibility index (Phi) is 8.77. The molecule has 0 aliphatic heterocycles. The second-order valence-corrected chi connectivity index (χ2v) is 6.61. The molecule has 0 saturated carbocycles. The molecule has 0 aromatic heterocycles. The topological polar surface area (TPSA) is 75.4 Å². The third-order valence-electron chi connectivity index (χ3n) is 2.58. The molecule has 3 N–H and O–H groups in total. The van der Waals surface area contributed by atoms with Gasteiger partial charge in [-0.15, -0.1) is 0 Å². The number of hydrogen-bond donors (Lipinski definition) is 2. The molecule has 0 aliphatic rings. The maximum Gasteiger partial charge on any atom is 0.279 e. The molecule has 5 nitrogen and oxygen atoms in total. The van der Waals surface area contributed by atoms with E-state index in [9.17, 15) is 8.42 Å². The van der Waals surface area contributed by atoms with Crippen LogP contribution in [0, 0.1) is 5.92 Å². The summed E-state index contributed by atoms with van der Waals surface area (Å²) in [6, 6.07) is 0. The van der Waals surface area contributed by atoms with E-state index in [1.165, 1.54) is 4.31 Å². The van der Waals surface area contributed by atoms with Crippen molar-refractivity contribution in [2.45, 2.75) is 39.5 Å². The van der Waals surface area contributed by atoms with E-state index < -0.39 is 10.2 Å². The lowest BCUT2D eigenvalue weighted by Crippen LogP contribution is -2.39. The van der Waals surface area contributed by atoms with Crippen LogP contribution in [-0.2, 0) is 10.2 Å². The van der Waals surface area contributed by atoms with Gasteiger partial charge in [-0.3, -0.25) is 0 Å². The quantitative estimate of drug-likeness (QED) is 0.577. The summed E-state index contributed by atoms with van der Waals surface area (Å²) in [6.07, 6.45) is 3.78. The van der Waals surface area contributed by atoms with E-state index in [0.29, 0.717) is 32.0 Å². The van der Waals surface area contributed by atoms with Crippen LogP contribution in [0.1, 0.15) is 39.5 Å². The lowest BCUT2D eigenvalue weighted by Gasteiger charge is -2.17. The molecule has 17 heavy (non-hydrogen) atoms. The second kappa shape index (κ2) is 8.85. The fourth-order valence-electron chi connectivity index (χ4n) is 1.42. The van der Waals surface area contributed by atoms with Crippen molar-refractivity contribution in [1.29, 1.82) is 0 Å². The van der Waals surface area contributed by atoms with Gasteiger partial charge < -0.3 is 5.73 Å². The van der Waals surface area contributed by atoms with E-state index in [-0.39, 0.29) is 0 Å². The van der Waals surface area contributed by atoms with E-state index in [1.807, 2.05) is 0 Å². The molecule has 0 fully saturated rings. The largest absolute Gasteiger partial charge is 0.330 e. The van der Waals surface area contributed by atoms with Crippen molar-refractivity contribution in [3.63, 3.8) is 0 Å². The smallest absolute Gasteiger partial charge is 0.279 e. The Bertz CT molecular complexity index is 278. The summed E-state index contributed by atoms with van der Waals surface area (Å²) in [5.74, 6) is 0.679. The van der Waals surface area contributed by atoms with Gasteiger partial charge in [-0.2, -0.15) is 12.7 Å². The lowest BCUT2D eigenvalue weighted by molar-refractivity contribution is 0.450. The Balaban J connectivity index is 3.77. The van der Waals surface area contributed by atoms with Crippen LogP contribution in [0.25, 0.3) is 0 Å². The molecule has 0 radical (unpaired) electrons. The molecule has 0 bridgehead atoms. The van der Waals surface area contributed by atoms with Gasteiger partial charge in [0.1, 0.15) is 0 Å². The number of rotatable bonds is 10. The molecular formula is C11H27N3O2S. The van der Waals surface area contributed by atoms with Crippen molar-refractivity contribution in [2.75, 3.05) is 26.7 Å². The van der Waals surface area contributed by atoms with Gasteiger partial charge in [0.2, 0.25) is 0 Å². The van der Waals surface area contributed by atoms with E-state index in [4.69, 9.17) is 5.73 Å². The minimum atomic E-state index is -3.31. The standard InChI is InChI=1S/C11H27N3O2S/c1-11(2)7-4-5-9-13-17(15,16)14(3)10-6-8-12/h11,13H,4-10,12H2,1-3H3. The zero-order valence-electron chi connectivity index (χ0n) is 11.3. The fraction of sp³-hybridized carbons (Fsp3) is 1.00. The summed E-state index contributed by atoms with van der Waals surface area (Å²) in [5.41, 5.74) is 5.35. The van der Waals surface area contributed by atoms with Gasteiger partial charge >= 0.3 is 0 Å². The second-order valence-electron chi connectivity index (χ2n) is 4.75. The summed E-state index contributed by atoms with van der Waals surface area (Å²) in [7, 11) is -1.73. The highest BCUT2D eigenvalue weighted by Crippen LogP contribution is 2.05. The van der Waals surface area contributed by atoms with Crippen molar-refractivity contribution in [3.05, 3.63) is 0 Å². The molecule has 0 atom stereocenters.